The van der Waals surface area contributed by atoms with E-state index in [0.29, 0.717) is 11.8 Å². The number of nitrogens with one attached hydrogen (secondary N) is 1. The molecule has 5 rings (SSSR count). The van der Waals surface area contributed by atoms with E-state index in [1.165, 1.54) is 20.2 Å². The van der Waals surface area contributed by atoms with Gasteiger partial charge in [0.05, 0.1) is 11.4 Å². The van der Waals surface area contributed by atoms with Crippen molar-refractivity contribution >= 4 is 40.7 Å². The molecule has 0 aliphatic carbocycles. The van der Waals surface area contributed by atoms with E-state index in [9.17, 15) is 0 Å². The van der Waals surface area contributed by atoms with Crippen LogP contribution in [0.25, 0.3) is 5.78 Å². The fourth-order valence-corrected chi connectivity index (χ4v) is 6.21. The number of thiophene rings is 2. The maximum absolute atomic E-state index is 5.74. The predicted octanol–water partition coefficient (Wildman–Crippen LogP) is 3.19. The molecule has 5 heterocycles. The maximum Gasteiger partial charge on any atom is 0.254 e. The largest absolute Gasteiger partial charge is 0.305 e. The number of rotatable bonds is 3. The summed E-state index contributed by atoms with van der Waals surface area (Å²) in [7, 11) is 0. The fourth-order valence-electron chi connectivity index (χ4n) is 4.06. The lowest BCUT2D eigenvalue weighted by atomic mass is 9.99. The second-order valence-corrected chi connectivity index (χ2v) is 9.37. The summed E-state index contributed by atoms with van der Waals surface area (Å²) in [6.07, 6.45) is 1.11. The number of aromatic nitrogens is 4. The van der Waals surface area contributed by atoms with Crippen LogP contribution in [-0.4, -0.2) is 25.7 Å². The lowest BCUT2D eigenvalue weighted by Crippen LogP contribution is -3.12. The fraction of sp³-hybridized carbons (Fsp3) is 0.316. The van der Waals surface area contributed by atoms with E-state index < -0.39 is 0 Å². The third kappa shape index (κ3) is 2.87. The Morgan fingerprint density at radius 3 is 2.96 bits per heavy atom. The summed E-state index contributed by atoms with van der Waals surface area (Å²) >= 11 is 9.46. The highest BCUT2D eigenvalue weighted by Crippen LogP contribution is 2.31. The van der Waals surface area contributed by atoms with Crippen LogP contribution in [0.2, 0.25) is 0 Å². The van der Waals surface area contributed by atoms with Crippen LogP contribution in [0.4, 0.5) is 0 Å². The van der Waals surface area contributed by atoms with Gasteiger partial charge in [0.15, 0.2) is 12.7 Å². The van der Waals surface area contributed by atoms with Gasteiger partial charge >= 0.3 is 0 Å². The number of hydrogen-bond acceptors (Lipinski definition) is 5. The molecule has 4 aromatic heterocycles. The van der Waals surface area contributed by atoms with E-state index in [-0.39, 0.29) is 0 Å². The molecule has 0 amide bonds. The minimum absolute atomic E-state index is 0.350. The molecule has 0 bridgehead atoms. The maximum atomic E-state index is 5.74. The third-order valence-corrected chi connectivity index (χ3v) is 7.55. The Labute approximate surface area is 170 Å². The number of aryl methyl sites for hydroxylation is 2. The van der Waals surface area contributed by atoms with E-state index in [0.717, 1.165) is 35.8 Å². The smallest absolute Gasteiger partial charge is 0.254 e. The SMILES string of the molecule is Cc1cc(C)n2c(=S)n(C[NH+]3CCc4sccc4[C@@H]3c3cccs3)nc2n1. The average Bonchev–Trinajstić information content (AvgIpc) is 3.36. The molecular weight excluding hydrogens is 394 g/mol. The van der Waals surface area contributed by atoms with Gasteiger partial charge in [0.1, 0.15) is 0 Å². The number of hydrogen-bond donors (Lipinski definition) is 1. The topological polar surface area (TPSA) is 39.6 Å². The molecule has 5 nitrogen and oxygen atoms in total. The molecule has 0 saturated carbocycles. The van der Waals surface area contributed by atoms with E-state index in [1.807, 2.05) is 38.7 Å². The summed E-state index contributed by atoms with van der Waals surface area (Å²) in [6, 6.07) is 9.09. The average molecular weight is 415 g/mol. The number of nitrogens with zero attached hydrogens (tertiary/aromatic N) is 4. The Hall–Kier alpha value is -1.87. The van der Waals surface area contributed by atoms with Crippen LogP contribution in [0, 0.1) is 18.6 Å². The molecule has 1 unspecified atom stereocenters. The van der Waals surface area contributed by atoms with Crippen LogP contribution >= 0.6 is 34.9 Å². The van der Waals surface area contributed by atoms with Gasteiger partial charge in [0.2, 0.25) is 4.77 Å². The van der Waals surface area contributed by atoms with Crippen LogP contribution in [0.15, 0.2) is 35.0 Å². The second kappa shape index (κ2) is 6.63. The Bertz CT molecular complexity index is 1170. The van der Waals surface area contributed by atoms with E-state index in [4.69, 9.17) is 17.3 Å². The number of quaternary nitrogens is 1. The summed E-state index contributed by atoms with van der Waals surface area (Å²) < 4.78 is 4.66. The summed E-state index contributed by atoms with van der Waals surface area (Å²) in [5.74, 6) is 0.692. The van der Waals surface area contributed by atoms with Gasteiger partial charge < -0.3 is 4.90 Å². The molecule has 4 aromatic rings. The molecule has 1 aliphatic rings. The third-order valence-electron chi connectivity index (χ3n) is 5.22. The van der Waals surface area contributed by atoms with Crippen molar-refractivity contribution in [1.29, 1.82) is 0 Å². The van der Waals surface area contributed by atoms with Crippen molar-refractivity contribution in [1.82, 2.24) is 19.2 Å². The molecule has 0 fully saturated rings. The second-order valence-electron chi connectivity index (χ2n) is 7.02. The summed E-state index contributed by atoms with van der Waals surface area (Å²) in [4.78, 5) is 8.97. The van der Waals surface area contributed by atoms with Gasteiger partial charge in [-0.2, -0.15) is 4.68 Å². The predicted molar refractivity (Wildman–Crippen MR) is 111 cm³/mol. The molecule has 2 atom stereocenters. The zero-order valence-electron chi connectivity index (χ0n) is 15.2. The molecular formula is C19H20N5S3+. The van der Waals surface area contributed by atoms with Gasteiger partial charge in [-0.15, -0.1) is 27.8 Å². The molecule has 0 spiro atoms. The van der Waals surface area contributed by atoms with Gasteiger partial charge in [-0.1, -0.05) is 6.07 Å². The monoisotopic (exact) mass is 414 g/mol. The summed E-state index contributed by atoms with van der Waals surface area (Å²) in [5.41, 5.74) is 3.51. The highest BCUT2D eigenvalue weighted by molar-refractivity contribution is 7.71. The lowest BCUT2D eigenvalue weighted by molar-refractivity contribution is -0.950. The van der Waals surface area contributed by atoms with Crippen LogP contribution in [-0.2, 0) is 13.1 Å². The molecule has 1 aliphatic heterocycles. The zero-order chi connectivity index (χ0) is 18.5. The van der Waals surface area contributed by atoms with Crippen molar-refractivity contribution in [2.24, 2.45) is 0 Å². The summed E-state index contributed by atoms with van der Waals surface area (Å²) in [5, 5.41) is 9.13. The van der Waals surface area contributed by atoms with Crippen molar-refractivity contribution in [3.63, 3.8) is 0 Å². The Morgan fingerprint density at radius 1 is 1.26 bits per heavy atom. The van der Waals surface area contributed by atoms with Crippen LogP contribution in [0.3, 0.4) is 0 Å². The van der Waals surface area contributed by atoms with E-state index >= 15 is 0 Å². The summed E-state index contributed by atoms with van der Waals surface area (Å²) in [6.45, 7) is 5.88. The Morgan fingerprint density at radius 2 is 2.15 bits per heavy atom. The molecule has 8 heteroatoms. The van der Waals surface area contributed by atoms with Crippen molar-refractivity contribution in [2.45, 2.75) is 33.0 Å². The highest BCUT2D eigenvalue weighted by Gasteiger charge is 2.34. The quantitative estimate of drug-likeness (QED) is 0.524. The van der Waals surface area contributed by atoms with Crippen molar-refractivity contribution in [3.05, 3.63) is 66.5 Å². The minimum Gasteiger partial charge on any atom is -0.305 e. The minimum atomic E-state index is 0.350. The van der Waals surface area contributed by atoms with Crippen LogP contribution in [0.1, 0.15) is 32.7 Å². The van der Waals surface area contributed by atoms with Crippen molar-refractivity contribution in [3.8, 4) is 0 Å². The van der Waals surface area contributed by atoms with E-state index in [1.54, 1.807) is 0 Å². The number of fused-ring (bicyclic) bond motifs is 2. The van der Waals surface area contributed by atoms with E-state index in [2.05, 4.69) is 46.9 Å². The molecule has 0 aromatic carbocycles. The van der Waals surface area contributed by atoms with Gasteiger partial charge in [-0.25, -0.2) is 4.98 Å². The molecule has 1 N–H and O–H groups in total. The normalized spacial score (nSPS) is 19.5. The first-order valence-electron chi connectivity index (χ1n) is 9.00. The highest BCUT2D eigenvalue weighted by atomic mass is 32.1. The van der Waals surface area contributed by atoms with Crippen molar-refractivity contribution in [2.75, 3.05) is 6.54 Å². The standard InChI is InChI=1S/C19H19N5S3/c1-12-10-13(2)24-18(20-12)21-23(19(24)25)11-22-7-5-15-14(6-9-27-15)17(22)16-4-3-8-26-16/h3-4,6,8-10,17H,5,7,11H2,1-2H3/p+1/t17-/m1/s1. The first-order valence-corrected chi connectivity index (χ1v) is 11.2. The first-order chi connectivity index (χ1) is 13.1. The first kappa shape index (κ1) is 17.2. The van der Waals surface area contributed by atoms with Gasteiger partial charge in [0, 0.05) is 28.2 Å². The molecule has 27 heavy (non-hydrogen) atoms. The van der Waals surface area contributed by atoms with Crippen molar-refractivity contribution < 1.29 is 4.90 Å². The molecule has 138 valence electrons. The lowest BCUT2D eigenvalue weighted by Gasteiger charge is -2.31. The Kier molecular flexibility index (Phi) is 4.23. The van der Waals surface area contributed by atoms with Gasteiger partial charge in [-0.05, 0) is 55.0 Å². The van der Waals surface area contributed by atoms with Crippen LogP contribution in [0.5, 0.6) is 0 Å². The molecule has 0 saturated heterocycles. The van der Waals surface area contributed by atoms with Gasteiger partial charge in [0.25, 0.3) is 5.78 Å². The zero-order valence-corrected chi connectivity index (χ0v) is 17.6. The van der Waals surface area contributed by atoms with Crippen LogP contribution < -0.4 is 4.90 Å². The Balaban J connectivity index is 1.57. The molecule has 0 radical (unpaired) electrons. The van der Waals surface area contributed by atoms with Gasteiger partial charge in [-0.3, -0.25) is 4.40 Å².